The van der Waals surface area contributed by atoms with E-state index in [1.807, 2.05) is 0 Å². The molecule has 0 bridgehead atoms. The Morgan fingerprint density at radius 1 is 0.346 bits per heavy atom. The molecule has 0 saturated carbocycles. The predicted molar refractivity (Wildman–Crippen MR) is 68.0 cm³/mol. The van der Waals surface area contributed by atoms with E-state index >= 15 is 0 Å². The van der Waals surface area contributed by atoms with Crippen molar-refractivity contribution in [3.05, 3.63) is 0 Å². The standard InChI is InChI=1S/3Ca.3Mg.4O3Si.4H2O/c;;;;;;4*1-4(2)3;;;;/h;;;;;;;;;;4*1H2/q6*+2;4*-2;;;;/p-4. The molecule has 0 aliphatic carbocycles. The molecule has 0 fully saturated rings. The van der Waals surface area contributed by atoms with Crippen molar-refractivity contribution in [1.29, 1.82) is 0 Å². The molecular formula is H4Ca3Mg3O16Si4. The van der Waals surface area contributed by atoms with Crippen LogP contribution in [-0.2, 0) is 17.8 Å². The van der Waals surface area contributed by atoms with Crippen molar-refractivity contribution in [3.63, 3.8) is 0 Å². The fourth-order valence-electron chi connectivity index (χ4n) is 0. The van der Waals surface area contributed by atoms with E-state index in [0.29, 0.717) is 0 Å². The van der Waals surface area contributed by atoms with Crippen LogP contribution in [0.2, 0.25) is 0 Å². The Kier molecular flexibility index (Phi) is 331. The molecular weight excluding hydrogens is 561 g/mol. The summed E-state index contributed by atoms with van der Waals surface area (Å²) in [5.41, 5.74) is 0. The Morgan fingerprint density at radius 3 is 0.346 bits per heavy atom. The van der Waals surface area contributed by atoms with Crippen LogP contribution in [0.3, 0.4) is 0 Å². The van der Waals surface area contributed by atoms with Gasteiger partial charge in [-0.15, -0.1) is 0 Å². The Balaban J connectivity index is -0.00000000545. The monoisotopic (exact) mass is 564 g/mol. The topological polar surface area (TPSA) is 373 Å². The second-order valence-electron chi connectivity index (χ2n) is 1.00. The van der Waals surface area contributed by atoms with Crippen molar-refractivity contribution < 1.29 is 78.1 Å². The maximum Gasteiger partial charge on any atom is 2.00 e. The second-order valence-corrected chi connectivity index (χ2v) is 3.00. The third-order valence-corrected chi connectivity index (χ3v) is 0. The van der Waals surface area contributed by atoms with E-state index < -0.39 is 36.7 Å². The average molecular weight is 566 g/mol. The first-order valence-electron chi connectivity index (χ1n) is 2.45. The third kappa shape index (κ3) is 1110. The molecule has 0 radical (unpaired) electrons. The molecule has 128 valence electrons. The summed E-state index contributed by atoms with van der Waals surface area (Å²) in [5, 5.41) is 0. The first-order chi connectivity index (χ1) is 6.93. The average Bonchev–Trinajstić information content (AvgIpc) is 1.76. The van der Waals surface area contributed by atoms with Gasteiger partial charge in [-0.3, -0.25) is 0 Å². The molecule has 0 spiro atoms. The van der Waals surface area contributed by atoms with Crippen molar-refractivity contribution in [2.24, 2.45) is 0 Å². The zero-order valence-corrected chi connectivity index (χ0v) is 27.8. The maximum atomic E-state index is 8.52. The minimum absolute atomic E-state index is 0. The zero-order valence-electron chi connectivity index (χ0n) is 12.9. The summed E-state index contributed by atoms with van der Waals surface area (Å²) in [6.07, 6.45) is 0. The van der Waals surface area contributed by atoms with Gasteiger partial charge in [-0.2, -0.15) is 0 Å². The van der Waals surface area contributed by atoms with Gasteiger partial charge in [-0.05, 0) is 0 Å². The summed E-state index contributed by atoms with van der Waals surface area (Å²) in [4.78, 5) is 68.1. The van der Waals surface area contributed by atoms with Gasteiger partial charge in [0.2, 0.25) is 0 Å². The van der Waals surface area contributed by atoms with Crippen LogP contribution in [-0.4, -0.2) is 241 Å². The van der Waals surface area contributed by atoms with Gasteiger partial charge in [0, 0.05) is 36.7 Å². The van der Waals surface area contributed by atoms with Gasteiger partial charge in [0.05, 0.1) is 0 Å². The molecule has 4 N–H and O–H groups in total. The van der Waals surface area contributed by atoms with E-state index in [1.165, 1.54) is 0 Å². The normalized spacial score (nSPS) is 3.69. The van der Waals surface area contributed by atoms with Crippen LogP contribution in [0, 0.1) is 0 Å². The first kappa shape index (κ1) is 97.7. The first-order valence-corrected chi connectivity index (χ1v) is 7.35. The second kappa shape index (κ2) is 88.2. The van der Waals surface area contributed by atoms with Crippen molar-refractivity contribution in [1.82, 2.24) is 0 Å². The van der Waals surface area contributed by atoms with Crippen LogP contribution in [0.1, 0.15) is 0 Å². The van der Waals surface area contributed by atoms with Gasteiger partial charge in [0.1, 0.15) is 0 Å². The van der Waals surface area contributed by atoms with Crippen LogP contribution >= 0.6 is 0 Å². The minimum atomic E-state index is -3.63. The Bertz CT molecular complexity index is 181. The molecule has 0 aromatic heterocycles. The van der Waals surface area contributed by atoms with Gasteiger partial charge < -0.3 is 78.1 Å². The van der Waals surface area contributed by atoms with Gasteiger partial charge in [0.25, 0.3) is 0 Å². The van der Waals surface area contributed by atoms with Crippen LogP contribution in [0.25, 0.3) is 0 Å². The summed E-state index contributed by atoms with van der Waals surface area (Å²) in [6, 6.07) is 0. The van der Waals surface area contributed by atoms with Gasteiger partial charge in [-0.1, -0.05) is 0 Å². The molecule has 26 heteroatoms. The molecule has 0 saturated heterocycles. The zero-order chi connectivity index (χ0) is 14.3. The minimum Gasteiger partial charge on any atom is -0.870 e. The maximum absolute atomic E-state index is 8.52. The van der Waals surface area contributed by atoms with E-state index in [2.05, 4.69) is 0 Å². The van der Waals surface area contributed by atoms with Crippen LogP contribution < -0.4 is 38.4 Å². The molecule has 26 heavy (non-hydrogen) atoms. The molecule has 0 amide bonds. The van der Waals surface area contributed by atoms with Crippen LogP contribution in [0.15, 0.2) is 0 Å². The molecule has 0 heterocycles. The van der Waals surface area contributed by atoms with Crippen LogP contribution in [0.4, 0.5) is 0 Å². The number of rotatable bonds is 0. The van der Waals surface area contributed by atoms with E-state index in [-0.39, 0.29) is 204 Å². The smallest absolute Gasteiger partial charge is 0.870 e. The third-order valence-electron chi connectivity index (χ3n) is 0. The van der Waals surface area contributed by atoms with Crippen molar-refractivity contribution in [2.45, 2.75) is 0 Å². The summed E-state index contributed by atoms with van der Waals surface area (Å²) >= 11 is 0. The van der Waals surface area contributed by atoms with E-state index in [4.69, 9.17) is 56.2 Å². The van der Waals surface area contributed by atoms with Crippen LogP contribution in [0.5, 0.6) is 0 Å². The van der Waals surface area contributed by atoms with Gasteiger partial charge >= 0.3 is 182 Å². The summed E-state index contributed by atoms with van der Waals surface area (Å²) in [7, 11) is -14.5. The number of hydrogen-bond acceptors (Lipinski definition) is 16. The van der Waals surface area contributed by atoms with Crippen molar-refractivity contribution in [2.75, 3.05) is 0 Å². The van der Waals surface area contributed by atoms with Crippen molar-refractivity contribution in [3.8, 4) is 0 Å². The van der Waals surface area contributed by atoms with Gasteiger partial charge in [0.15, 0.2) is 0 Å². The predicted octanol–water partition coefficient (Wildman–Crippen LogP) is -14.5. The quantitative estimate of drug-likeness (QED) is 0.246. The molecule has 0 atom stereocenters. The van der Waals surface area contributed by atoms with E-state index in [0.717, 1.165) is 0 Å². The summed E-state index contributed by atoms with van der Waals surface area (Å²) in [5.74, 6) is 0. The molecule has 0 unspecified atom stereocenters. The molecule has 0 rings (SSSR count). The molecule has 16 nitrogen and oxygen atoms in total. The fraction of sp³-hybridized carbons (Fsp3) is 0. The Morgan fingerprint density at radius 2 is 0.346 bits per heavy atom. The van der Waals surface area contributed by atoms with Crippen molar-refractivity contribution >= 4 is 219 Å². The molecule has 0 aliphatic rings. The number of hydrogen-bond donors (Lipinski definition) is 0. The Hall–Kier alpha value is 4.39. The summed E-state index contributed by atoms with van der Waals surface area (Å²) in [6.45, 7) is 0. The van der Waals surface area contributed by atoms with E-state index in [9.17, 15) is 0 Å². The largest absolute Gasteiger partial charge is 2.00 e. The van der Waals surface area contributed by atoms with Gasteiger partial charge in [-0.25, -0.2) is 0 Å². The SMILES string of the molecule is O=[Si]([O-])[O-].O=[Si]([O-])[O-].O=[Si]([O-])[O-].O=[Si]([O-])[O-].[Ca+2].[Ca+2].[Ca+2].[Mg+2].[Mg+2].[Mg+2].[OH-].[OH-].[OH-].[OH-]. The molecule has 0 aliphatic heterocycles. The molecule has 0 aromatic rings. The fourth-order valence-corrected chi connectivity index (χ4v) is 0. The Labute approximate surface area is 291 Å². The molecule has 0 aromatic carbocycles. The summed E-state index contributed by atoms with van der Waals surface area (Å²) < 4.78 is 34.1. The van der Waals surface area contributed by atoms with E-state index in [1.54, 1.807) is 0 Å².